The van der Waals surface area contributed by atoms with E-state index in [4.69, 9.17) is 11.6 Å². The van der Waals surface area contributed by atoms with Crippen LogP contribution in [0, 0.1) is 10.1 Å². The van der Waals surface area contributed by atoms with Gasteiger partial charge < -0.3 is 0 Å². The molecule has 0 atom stereocenters. The van der Waals surface area contributed by atoms with Gasteiger partial charge in [0.2, 0.25) is 0 Å². The second-order valence-corrected chi connectivity index (χ2v) is 5.74. The van der Waals surface area contributed by atoms with Gasteiger partial charge in [-0.3, -0.25) is 14.9 Å². The fourth-order valence-electron chi connectivity index (χ4n) is 1.87. The summed E-state index contributed by atoms with van der Waals surface area (Å²) >= 11 is 6.83. The van der Waals surface area contributed by atoms with E-state index in [1.165, 1.54) is 28.9 Å². The van der Waals surface area contributed by atoms with Gasteiger partial charge in [-0.25, -0.2) is 0 Å². The number of nitro benzene ring substituents is 1. The number of non-ortho nitro benzene ring substituents is 1. The molecular formula is C14H8ClN3O3S. The van der Waals surface area contributed by atoms with Gasteiger partial charge in [0.15, 0.2) is 0 Å². The molecule has 6 nitrogen and oxygen atoms in total. The lowest BCUT2D eigenvalue weighted by Gasteiger charge is -1.99. The molecule has 0 saturated heterocycles. The Morgan fingerprint density at radius 2 is 1.73 bits per heavy atom. The molecule has 0 saturated carbocycles. The number of nitrogens with zero attached hydrogens (tertiary/aromatic N) is 3. The molecular weight excluding hydrogens is 326 g/mol. The fraction of sp³-hybridized carbons (Fsp3) is 0. The molecule has 0 aliphatic carbocycles. The van der Waals surface area contributed by atoms with Gasteiger partial charge in [0.1, 0.15) is 5.01 Å². The van der Waals surface area contributed by atoms with Crippen molar-refractivity contribution in [2.75, 3.05) is 0 Å². The summed E-state index contributed by atoms with van der Waals surface area (Å²) in [6, 6.07) is 12.7. The number of benzene rings is 2. The molecule has 0 aliphatic heterocycles. The molecule has 0 spiro atoms. The van der Waals surface area contributed by atoms with E-state index in [1.807, 2.05) is 0 Å². The lowest BCUT2D eigenvalue weighted by Crippen LogP contribution is -2.11. The first-order valence-corrected chi connectivity index (χ1v) is 7.35. The van der Waals surface area contributed by atoms with E-state index in [2.05, 4.69) is 5.10 Å². The highest BCUT2D eigenvalue weighted by Gasteiger charge is 2.11. The molecule has 1 heterocycles. The Morgan fingerprint density at radius 1 is 1.09 bits per heavy atom. The topological polar surface area (TPSA) is 78.0 Å². The van der Waals surface area contributed by atoms with Gasteiger partial charge in [-0.15, -0.1) is 0 Å². The largest absolute Gasteiger partial charge is 0.330 e. The summed E-state index contributed by atoms with van der Waals surface area (Å²) in [6.07, 6.45) is 0. The smallest absolute Gasteiger partial charge is 0.258 e. The highest BCUT2D eigenvalue weighted by Crippen LogP contribution is 2.22. The standard InChI is InChI=1S/C14H8ClN3O3S/c15-10-3-1-9(2-4-10)13-16-17(14(19)22-13)11-5-7-12(8-6-11)18(20)21/h1-8H. The van der Waals surface area contributed by atoms with Crippen molar-refractivity contribution in [1.82, 2.24) is 9.78 Å². The van der Waals surface area contributed by atoms with Crippen LogP contribution in [0.5, 0.6) is 0 Å². The second kappa shape index (κ2) is 5.70. The lowest BCUT2D eigenvalue weighted by molar-refractivity contribution is -0.384. The monoisotopic (exact) mass is 333 g/mol. The van der Waals surface area contributed by atoms with Crippen molar-refractivity contribution in [2.24, 2.45) is 0 Å². The van der Waals surface area contributed by atoms with Gasteiger partial charge in [-0.1, -0.05) is 35.1 Å². The molecule has 3 aromatic rings. The third-order valence-electron chi connectivity index (χ3n) is 2.94. The third kappa shape index (κ3) is 2.76. The molecule has 3 rings (SSSR count). The SMILES string of the molecule is O=c1sc(-c2ccc(Cl)cc2)nn1-c1ccc([N+](=O)[O-])cc1. The first-order valence-electron chi connectivity index (χ1n) is 6.15. The molecule has 0 fully saturated rings. The average molecular weight is 334 g/mol. The number of aromatic nitrogens is 2. The van der Waals surface area contributed by atoms with E-state index in [9.17, 15) is 14.9 Å². The minimum atomic E-state index is -0.493. The van der Waals surface area contributed by atoms with Crippen molar-refractivity contribution in [3.05, 3.63) is 73.3 Å². The van der Waals surface area contributed by atoms with Crippen molar-refractivity contribution >= 4 is 28.6 Å². The lowest BCUT2D eigenvalue weighted by atomic mass is 10.2. The minimum absolute atomic E-state index is 0.0371. The number of halogens is 1. The van der Waals surface area contributed by atoms with Gasteiger partial charge in [0.05, 0.1) is 10.6 Å². The summed E-state index contributed by atoms with van der Waals surface area (Å²) in [5.41, 5.74) is 1.23. The van der Waals surface area contributed by atoms with Crippen molar-refractivity contribution in [1.29, 1.82) is 0 Å². The van der Waals surface area contributed by atoms with Crippen molar-refractivity contribution in [3.63, 3.8) is 0 Å². The van der Waals surface area contributed by atoms with Crippen molar-refractivity contribution in [3.8, 4) is 16.3 Å². The predicted octanol–water partition coefficient (Wildman–Crippen LogP) is 3.52. The number of nitro groups is 1. The molecule has 1 aromatic heterocycles. The van der Waals surface area contributed by atoms with Crippen LogP contribution in [0.1, 0.15) is 0 Å². The summed E-state index contributed by atoms with van der Waals surface area (Å²) in [7, 11) is 0. The Hall–Kier alpha value is -2.51. The molecule has 0 radical (unpaired) electrons. The average Bonchev–Trinajstić information content (AvgIpc) is 2.90. The molecule has 0 unspecified atom stereocenters. The molecule has 0 N–H and O–H groups in total. The van der Waals surface area contributed by atoms with Gasteiger partial charge in [0, 0.05) is 22.7 Å². The summed E-state index contributed by atoms with van der Waals surface area (Å²) in [5.74, 6) is 0. The van der Waals surface area contributed by atoms with Crippen LogP contribution in [0.3, 0.4) is 0 Å². The van der Waals surface area contributed by atoms with Crippen LogP contribution in [0.25, 0.3) is 16.3 Å². The zero-order valence-corrected chi connectivity index (χ0v) is 12.5. The first-order chi connectivity index (χ1) is 10.5. The maximum Gasteiger partial charge on any atom is 0.330 e. The van der Waals surface area contributed by atoms with Crippen LogP contribution < -0.4 is 4.87 Å². The van der Waals surface area contributed by atoms with Gasteiger partial charge in [-0.05, 0) is 24.3 Å². The maximum absolute atomic E-state index is 12.1. The van der Waals surface area contributed by atoms with Crippen molar-refractivity contribution < 1.29 is 4.92 Å². The van der Waals surface area contributed by atoms with Gasteiger partial charge in [0.25, 0.3) is 5.69 Å². The highest BCUT2D eigenvalue weighted by atomic mass is 35.5. The first kappa shape index (κ1) is 14.4. The number of hydrogen-bond donors (Lipinski definition) is 0. The quantitative estimate of drug-likeness (QED) is 0.542. The zero-order valence-electron chi connectivity index (χ0n) is 11.0. The van der Waals surface area contributed by atoms with E-state index in [0.717, 1.165) is 16.9 Å². The fourth-order valence-corrected chi connectivity index (χ4v) is 2.77. The van der Waals surface area contributed by atoms with E-state index in [-0.39, 0.29) is 10.6 Å². The van der Waals surface area contributed by atoms with Crippen LogP contribution >= 0.6 is 22.9 Å². The molecule has 110 valence electrons. The normalized spacial score (nSPS) is 10.6. The van der Waals surface area contributed by atoms with Crippen LogP contribution in [0.15, 0.2) is 53.3 Å². The van der Waals surface area contributed by atoms with E-state index < -0.39 is 4.92 Å². The number of hydrogen-bond acceptors (Lipinski definition) is 5. The van der Waals surface area contributed by atoms with E-state index in [1.54, 1.807) is 24.3 Å². The second-order valence-electron chi connectivity index (χ2n) is 4.37. The summed E-state index contributed by atoms with van der Waals surface area (Å²) < 4.78 is 1.22. The zero-order chi connectivity index (χ0) is 15.7. The highest BCUT2D eigenvalue weighted by molar-refractivity contribution is 7.12. The minimum Gasteiger partial charge on any atom is -0.258 e. The Bertz CT molecular complexity index is 885. The predicted molar refractivity (Wildman–Crippen MR) is 84.8 cm³/mol. The molecule has 2 aromatic carbocycles. The van der Waals surface area contributed by atoms with Gasteiger partial charge in [-0.2, -0.15) is 9.78 Å². The van der Waals surface area contributed by atoms with Crippen molar-refractivity contribution in [2.45, 2.75) is 0 Å². The third-order valence-corrected chi connectivity index (χ3v) is 4.05. The van der Waals surface area contributed by atoms with Crippen LogP contribution in [-0.2, 0) is 0 Å². The van der Waals surface area contributed by atoms with E-state index in [0.29, 0.717) is 15.7 Å². The van der Waals surface area contributed by atoms with Gasteiger partial charge >= 0.3 is 4.87 Å². The van der Waals surface area contributed by atoms with Crippen LogP contribution in [0.2, 0.25) is 5.02 Å². The molecule has 22 heavy (non-hydrogen) atoms. The Labute approximate surface area is 133 Å². The molecule has 0 aliphatic rings. The van der Waals surface area contributed by atoms with E-state index >= 15 is 0 Å². The van der Waals surface area contributed by atoms with Crippen LogP contribution in [-0.4, -0.2) is 14.7 Å². The Balaban J connectivity index is 2.00. The molecule has 0 bridgehead atoms. The summed E-state index contributed by atoms with van der Waals surface area (Å²) in [5, 5.41) is 16.1. The van der Waals surface area contributed by atoms with Crippen LogP contribution in [0.4, 0.5) is 5.69 Å². The summed E-state index contributed by atoms with van der Waals surface area (Å²) in [4.78, 5) is 21.9. The number of rotatable bonds is 3. The summed E-state index contributed by atoms with van der Waals surface area (Å²) in [6.45, 7) is 0. The molecule has 8 heteroatoms. The Morgan fingerprint density at radius 3 is 2.32 bits per heavy atom. The molecule has 0 amide bonds. The maximum atomic E-state index is 12.1. The Kier molecular flexibility index (Phi) is 3.74.